The van der Waals surface area contributed by atoms with Crippen LogP contribution in [0, 0.1) is 13.8 Å². The molecule has 0 saturated carbocycles. The maximum absolute atomic E-state index is 11.7. The van der Waals surface area contributed by atoms with Gasteiger partial charge in [-0.05, 0) is 43.5 Å². The number of benzene rings is 2. The van der Waals surface area contributed by atoms with E-state index >= 15 is 0 Å². The van der Waals surface area contributed by atoms with Crippen molar-refractivity contribution >= 4 is 15.8 Å². The van der Waals surface area contributed by atoms with E-state index in [0.29, 0.717) is 18.0 Å². The van der Waals surface area contributed by atoms with Crippen LogP contribution in [0.1, 0.15) is 29.2 Å². The lowest BCUT2D eigenvalue weighted by molar-refractivity contribution is 0.601. The van der Waals surface area contributed by atoms with Crippen LogP contribution in [0.5, 0.6) is 0 Å². The average Bonchev–Trinajstić information content (AvgIpc) is 2.57. The van der Waals surface area contributed by atoms with Crippen LogP contribution in [0.15, 0.2) is 52.4 Å². The first-order valence-electron chi connectivity index (χ1n) is 8.67. The Kier molecular flexibility index (Phi) is 6.80. The minimum Gasteiger partial charge on any atom is -0.357 e. The van der Waals surface area contributed by atoms with Crippen molar-refractivity contribution in [3.63, 3.8) is 0 Å². The van der Waals surface area contributed by atoms with Gasteiger partial charge in [0.1, 0.15) is 0 Å². The molecule has 0 fully saturated rings. The Morgan fingerprint density at radius 2 is 1.65 bits per heavy atom. The Hall–Kier alpha value is -2.34. The number of aryl methyl sites for hydroxylation is 2. The van der Waals surface area contributed by atoms with E-state index in [2.05, 4.69) is 46.8 Å². The summed E-state index contributed by atoms with van der Waals surface area (Å²) in [6, 6.07) is 13.7. The van der Waals surface area contributed by atoms with E-state index in [0.717, 1.165) is 23.6 Å². The van der Waals surface area contributed by atoms with Gasteiger partial charge in [0.25, 0.3) is 0 Å². The van der Waals surface area contributed by atoms with Crippen LogP contribution in [-0.4, -0.2) is 27.2 Å². The summed E-state index contributed by atoms with van der Waals surface area (Å²) in [6.07, 6.45) is 1.23. The third-order valence-electron chi connectivity index (χ3n) is 3.98. The molecule has 0 aliphatic heterocycles. The summed E-state index contributed by atoms with van der Waals surface area (Å²) in [6.45, 7) is 7.84. The standard InChI is InChI=1S/C20H27N3O2S/c1-5-21-20(22-13-17-8-6-15(2)7-9-17)23-14-18-10-11-19(16(3)12-18)26(4,24)25/h6-12H,5,13-14H2,1-4H3,(H2,21,22,23). The molecule has 0 aliphatic carbocycles. The highest BCUT2D eigenvalue weighted by Gasteiger charge is 2.10. The summed E-state index contributed by atoms with van der Waals surface area (Å²) in [5, 5.41) is 6.55. The van der Waals surface area contributed by atoms with Crippen LogP contribution in [0.4, 0.5) is 0 Å². The van der Waals surface area contributed by atoms with Gasteiger partial charge in [-0.15, -0.1) is 0 Å². The molecule has 0 aliphatic rings. The zero-order chi connectivity index (χ0) is 19.2. The molecule has 0 saturated heterocycles. The molecule has 2 N–H and O–H groups in total. The second-order valence-corrected chi connectivity index (χ2v) is 8.39. The maximum Gasteiger partial charge on any atom is 0.191 e. The molecule has 0 spiro atoms. The highest BCUT2D eigenvalue weighted by Crippen LogP contribution is 2.17. The molecule has 2 aromatic carbocycles. The van der Waals surface area contributed by atoms with Gasteiger partial charge >= 0.3 is 0 Å². The lowest BCUT2D eigenvalue weighted by Crippen LogP contribution is -2.36. The van der Waals surface area contributed by atoms with Gasteiger partial charge in [-0.3, -0.25) is 0 Å². The molecule has 5 nitrogen and oxygen atoms in total. The smallest absolute Gasteiger partial charge is 0.191 e. The van der Waals surface area contributed by atoms with Crippen LogP contribution < -0.4 is 10.6 Å². The van der Waals surface area contributed by atoms with Gasteiger partial charge in [0.05, 0.1) is 11.4 Å². The van der Waals surface area contributed by atoms with Gasteiger partial charge in [0.2, 0.25) is 0 Å². The van der Waals surface area contributed by atoms with Crippen LogP contribution >= 0.6 is 0 Å². The summed E-state index contributed by atoms with van der Waals surface area (Å²) in [5.74, 6) is 0.734. The van der Waals surface area contributed by atoms with E-state index in [4.69, 9.17) is 0 Å². The van der Waals surface area contributed by atoms with Gasteiger partial charge < -0.3 is 10.6 Å². The van der Waals surface area contributed by atoms with Crippen molar-refractivity contribution in [1.29, 1.82) is 0 Å². The number of hydrogen-bond donors (Lipinski definition) is 2. The normalized spacial score (nSPS) is 12.1. The predicted molar refractivity (Wildman–Crippen MR) is 107 cm³/mol. The first-order chi connectivity index (χ1) is 12.3. The molecular formula is C20H27N3O2S. The number of nitrogens with zero attached hydrogens (tertiary/aromatic N) is 1. The second-order valence-electron chi connectivity index (χ2n) is 6.41. The fourth-order valence-electron chi connectivity index (χ4n) is 2.63. The Morgan fingerprint density at radius 1 is 1.00 bits per heavy atom. The molecule has 0 amide bonds. The van der Waals surface area contributed by atoms with Crippen LogP contribution in [0.25, 0.3) is 0 Å². The van der Waals surface area contributed by atoms with Crippen molar-refractivity contribution in [2.24, 2.45) is 4.99 Å². The summed E-state index contributed by atoms with van der Waals surface area (Å²) < 4.78 is 23.4. The topological polar surface area (TPSA) is 70.6 Å². The molecule has 2 rings (SSSR count). The van der Waals surface area contributed by atoms with Gasteiger partial charge in [0.15, 0.2) is 15.8 Å². The fraction of sp³-hybridized carbons (Fsp3) is 0.350. The largest absolute Gasteiger partial charge is 0.357 e. The van der Waals surface area contributed by atoms with Crippen molar-refractivity contribution in [2.45, 2.75) is 38.8 Å². The lowest BCUT2D eigenvalue weighted by Gasteiger charge is -2.12. The number of guanidine groups is 1. The lowest BCUT2D eigenvalue weighted by atomic mass is 10.1. The maximum atomic E-state index is 11.7. The minimum atomic E-state index is -3.19. The fourth-order valence-corrected chi connectivity index (χ4v) is 3.59. The zero-order valence-electron chi connectivity index (χ0n) is 15.8. The SMILES string of the molecule is CCNC(=NCc1ccc(S(C)(=O)=O)c(C)c1)NCc1ccc(C)cc1. The van der Waals surface area contributed by atoms with Crippen molar-refractivity contribution in [2.75, 3.05) is 12.8 Å². The number of hydrogen-bond acceptors (Lipinski definition) is 3. The van der Waals surface area contributed by atoms with E-state index in [1.165, 1.54) is 17.4 Å². The summed E-state index contributed by atoms with van der Waals surface area (Å²) in [5.41, 5.74) is 4.15. The Labute approximate surface area is 156 Å². The number of sulfone groups is 1. The van der Waals surface area contributed by atoms with E-state index in [1.54, 1.807) is 6.07 Å². The molecule has 2 aromatic rings. The molecule has 0 atom stereocenters. The van der Waals surface area contributed by atoms with Crippen LogP contribution in [0.3, 0.4) is 0 Å². The molecular weight excluding hydrogens is 346 g/mol. The third kappa shape index (κ3) is 5.88. The Balaban J connectivity index is 2.06. The van der Waals surface area contributed by atoms with Gasteiger partial charge in [-0.1, -0.05) is 42.0 Å². The van der Waals surface area contributed by atoms with Gasteiger partial charge in [-0.2, -0.15) is 0 Å². The quantitative estimate of drug-likeness (QED) is 0.603. The monoisotopic (exact) mass is 373 g/mol. The van der Waals surface area contributed by atoms with E-state index in [1.807, 2.05) is 26.0 Å². The summed E-state index contributed by atoms with van der Waals surface area (Å²) in [7, 11) is -3.19. The molecule has 140 valence electrons. The molecule has 0 bridgehead atoms. The van der Waals surface area contributed by atoms with Crippen molar-refractivity contribution in [3.8, 4) is 0 Å². The summed E-state index contributed by atoms with van der Waals surface area (Å²) in [4.78, 5) is 4.96. The predicted octanol–water partition coefficient (Wildman–Crippen LogP) is 2.96. The Bertz CT molecular complexity index is 872. The highest BCUT2D eigenvalue weighted by atomic mass is 32.2. The average molecular weight is 374 g/mol. The van der Waals surface area contributed by atoms with Crippen molar-refractivity contribution in [1.82, 2.24) is 10.6 Å². The number of nitrogens with one attached hydrogen (secondary N) is 2. The first-order valence-corrected chi connectivity index (χ1v) is 10.6. The first kappa shape index (κ1) is 20.0. The van der Waals surface area contributed by atoms with E-state index < -0.39 is 9.84 Å². The molecule has 0 unspecified atom stereocenters. The van der Waals surface area contributed by atoms with E-state index in [-0.39, 0.29) is 0 Å². The van der Waals surface area contributed by atoms with Gasteiger partial charge in [-0.25, -0.2) is 13.4 Å². The highest BCUT2D eigenvalue weighted by molar-refractivity contribution is 7.90. The van der Waals surface area contributed by atoms with Crippen molar-refractivity contribution < 1.29 is 8.42 Å². The van der Waals surface area contributed by atoms with Crippen LogP contribution in [-0.2, 0) is 22.9 Å². The van der Waals surface area contributed by atoms with Gasteiger partial charge in [0, 0.05) is 19.3 Å². The number of rotatable bonds is 6. The molecule has 26 heavy (non-hydrogen) atoms. The zero-order valence-corrected chi connectivity index (χ0v) is 16.7. The summed E-state index contributed by atoms with van der Waals surface area (Å²) >= 11 is 0. The Morgan fingerprint density at radius 3 is 2.23 bits per heavy atom. The molecule has 0 radical (unpaired) electrons. The molecule has 0 aromatic heterocycles. The minimum absolute atomic E-state index is 0.370. The van der Waals surface area contributed by atoms with Crippen LogP contribution in [0.2, 0.25) is 0 Å². The van der Waals surface area contributed by atoms with Crippen molar-refractivity contribution in [3.05, 3.63) is 64.7 Å². The van der Waals surface area contributed by atoms with E-state index in [9.17, 15) is 8.42 Å². The third-order valence-corrected chi connectivity index (χ3v) is 5.24. The molecule has 0 heterocycles. The second kappa shape index (κ2) is 8.85. The molecule has 6 heteroatoms. The number of aliphatic imine (C=N–C) groups is 1.